The summed E-state index contributed by atoms with van der Waals surface area (Å²) < 4.78 is 47.7. The van der Waals surface area contributed by atoms with Crippen LogP contribution in [0.15, 0.2) is 16.5 Å². The van der Waals surface area contributed by atoms with Crippen LogP contribution in [-0.4, -0.2) is 37.2 Å². The van der Waals surface area contributed by atoms with Gasteiger partial charge in [0, 0.05) is 0 Å². The molecule has 0 radical (unpaired) electrons. The van der Waals surface area contributed by atoms with Crippen LogP contribution in [0.25, 0.3) is 0 Å². The van der Waals surface area contributed by atoms with Crippen molar-refractivity contribution in [2.24, 2.45) is 0 Å². The summed E-state index contributed by atoms with van der Waals surface area (Å²) in [5.74, 6) is -0.441. The molecule has 0 amide bonds. The second-order valence-corrected chi connectivity index (χ2v) is 7.02. The predicted octanol–water partition coefficient (Wildman–Crippen LogP) is 1.95. The normalized spacial score (nSPS) is 12.5. The number of rotatable bonds is 5. The van der Waals surface area contributed by atoms with Gasteiger partial charge in [0.05, 0.1) is 11.4 Å². The van der Waals surface area contributed by atoms with Crippen LogP contribution in [0.1, 0.15) is 17.0 Å². The summed E-state index contributed by atoms with van der Waals surface area (Å²) in [6, 6.07) is 0. The molecule has 0 saturated carbocycles. The molecule has 1 rings (SSSR count). The molecule has 0 bridgehead atoms. The number of allylic oxidation sites excluding steroid dienone is 1. The van der Waals surface area contributed by atoms with E-state index >= 15 is 0 Å². The molecule has 1 heterocycles. The highest BCUT2D eigenvalue weighted by Crippen LogP contribution is 2.22. The number of sulfone groups is 1. The summed E-state index contributed by atoms with van der Waals surface area (Å²) in [5.41, 5.74) is 0.415. The van der Waals surface area contributed by atoms with Gasteiger partial charge in [-0.15, -0.1) is 0 Å². The van der Waals surface area contributed by atoms with Gasteiger partial charge in [0.15, 0.2) is 6.21 Å². The highest BCUT2D eigenvalue weighted by Gasteiger charge is 2.20. The third-order valence-corrected chi connectivity index (χ3v) is 5.36. The fourth-order valence-corrected chi connectivity index (χ4v) is 3.88. The van der Waals surface area contributed by atoms with Gasteiger partial charge in [-0.2, -0.15) is 8.78 Å². The number of aryl methyl sites for hydroxylation is 1. The molecule has 0 fully saturated rings. The molecule has 0 atom stereocenters. The Morgan fingerprint density at radius 2 is 2.16 bits per heavy atom. The zero-order valence-corrected chi connectivity index (χ0v) is 11.9. The Labute approximate surface area is 113 Å². The summed E-state index contributed by atoms with van der Waals surface area (Å²) in [4.78, 5) is 4.29. The lowest BCUT2D eigenvalue weighted by atomic mass is 10.4. The van der Waals surface area contributed by atoms with Crippen molar-refractivity contribution in [3.63, 3.8) is 0 Å². The Morgan fingerprint density at radius 3 is 2.68 bits per heavy atom. The first-order valence-electron chi connectivity index (χ1n) is 5.18. The Balaban J connectivity index is 2.97. The summed E-state index contributed by atoms with van der Waals surface area (Å²) >= 11 is 0.849. The van der Waals surface area contributed by atoms with E-state index in [9.17, 15) is 22.4 Å². The highest BCUT2D eigenvalue weighted by molar-refractivity contribution is 7.93. The average Bonchev–Trinajstić information content (AvgIpc) is 2.59. The van der Waals surface area contributed by atoms with E-state index in [2.05, 4.69) is 4.98 Å². The van der Waals surface area contributed by atoms with Crippen molar-refractivity contribution in [3.8, 4) is 0 Å². The van der Waals surface area contributed by atoms with Gasteiger partial charge in [-0.05, 0) is 19.4 Å². The lowest BCUT2D eigenvalue weighted by molar-refractivity contribution is -0.416. The number of aromatic nitrogens is 1. The molecule has 1 aromatic rings. The second-order valence-electron chi connectivity index (χ2n) is 3.71. The quantitative estimate of drug-likeness (QED) is 0.361. The molecule has 0 aliphatic rings. The maximum Gasteiger partial charge on any atom is 0.266 e. The van der Waals surface area contributed by atoms with Gasteiger partial charge in [-0.3, -0.25) is 0 Å². The first-order chi connectivity index (χ1) is 8.72. The molecule has 0 aromatic carbocycles. The molecule has 0 N–H and O–H groups in total. The minimum Gasteiger partial charge on any atom is -0.624 e. The third kappa shape index (κ3) is 4.67. The zero-order valence-electron chi connectivity index (χ0n) is 10.3. The molecule has 5 nitrogen and oxygen atoms in total. The first kappa shape index (κ1) is 15.7. The smallest absolute Gasteiger partial charge is 0.266 e. The van der Waals surface area contributed by atoms with E-state index in [-0.39, 0.29) is 10.8 Å². The van der Waals surface area contributed by atoms with Crippen LogP contribution in [0.4, 0.5) is 8.78 Å². The molecular weight excluding hydrogens is 298 g/mol. The standard InChI is InChI=1S/C10H12F2N2O3S2/c1-7-8(6-14(2)15)18-10(13-7)19(16,17)5-3-4-9(11)12/h4,6H,3,5H2,1-2H3/b14-6-. The van der Waals surface area contributed by atoms with Gasteiger partial charge < -0.3 is 5.21 Å². The molecule has 0 spiro atoms. The topological polar surface area (TPSA) is 73.1 Å². The van der Waals surface area contributed by atoms with Gasteiger partial charge in [0.2, 0.25) is 14.2 Å². The monoisotopic (exact) mass is 310 g/mol. The maximum absolute atomic E-state index is 11.8. The van der Waals surface area contributed by atoms with Crippen molar-refractivity contribution in [2.45, 2.75) is 17.7 Å². The molecular formula is C10H12F2N2O3S2. The minimum atomic E-state index is -3.70. The minimum absolute atomic E-state index is 0.161. The predicted molar refractivity (Wildman–Crippen MR) is 68.5 cm³/mol. The molecule has 1 aromatic heterocycles. The maximum atomic E-state index is 11.8. The van der Waals surface area contributed by atoms with Crippen LogP contribution in [-0.2, 0) is 9.84 Å². The van der Waals surface area contributed by atoms with E-state index in [1.165, 1.54) is 13.3 Å². The molecule has 19 heavy (non-hydrogen) atoms. The van der Waals surface area contributed by atoms with Gasteiger partial charge in [-0.1, -0.05) is 11.3 Å². The fraction of sp³-hybridized carbons (Fsp3) is 0.400. The van der Waals surface area contributed by atoms with Gasteiger partial charge in [-0.25, -0.2) is 18.1 Å². The van der Waals surface area contributed by atoms with Crippen molar-refractivity contribution in [3.05, 3.63) is 27.9 Å². The zero-order chi connectivity index (χ0) is 14.6. The largest absolute Gasteiger partial charge is 0.624 e. The Morgan fingerprint density at radius 1 is 1.53 bits per heavy atom. The number of hydrogen-bond acceptors (Lipinski definition) is 5. The van der Waals surface area contributed by atoms with E-state index in [1.807, 2.05) is 0 Å². The van der Waals surface area contributed by atoms with Crippen molar-refractivity contribution in [2.75, 3.05) is 12.8 Å². The van der Waals surface area contributed by atoms with Crippen LogP contribution >= 0.6 is 11.3 Å². The third-order valence-electron chi connectivity index (χ3n) is 2.06. The lowest BCUT2D eigenvalue weighted by Crippen LogP contribution is -2.05. The summed E-state index contributed by atoms with van der Waals surface area (Å²) in [6.07, 6.45) is -0.416. The van der Waals surface area contributed by atoms with E-state index in [1.54, 1.807) is 6.92 Å². The summed E-state index contributed by atoms with van der Waals surface area (Å²) in [6.45, 7) is 1.58. The van der Waals surface area contributed by atoms with Gasteiger partial charge in [0.1, 0.15) is 11.9 Å². The van der Waals surface area contributed by atoms with Gasteiger partial charge in [0.25, 0.3) is 6.08 Å². The molecule has 0 aliphatic carbocycles. The molecule has 0 saturated heterocycles. The SMILES string of the molecule is Cc1nc(S(=O)(=O)CCC=C(F)F)sc1/C=[N+](/C)[O-]. The number of hydroxylamine groups is 1. The summed E-state index contributed by atoms with van der Waals surface area (Å²) in [5, 5.41) is 10.9. The fourth-order valence-electron chi connectivity index (χ4n) is 1.21. The number of thiazole rings is 1. The average molecular weight is 310 g/mol. The van der Waals surface area contributed by atoms with Crippen LogP contribution in [0.3, 0.4) is 0 Å². The van der Waals surface area contributed by atoms with Crippen LogP contribution < -0.4 is 0 Å². The molecule has 0 unspecified atom stereocenters. The van der Waals surface area contributed by atoms with E-state index in [4.69, 9.17) is 0 Å². The van der Waals surface area contributed by atoms with Gasteiger partial charge >= 0.3 is 0 Å². The Bertz CT molecular complexity index is 613. The first-order valence-corrected chi connectivity index (χ1v) is 7.65. The molecule has 106 valence electrons. The number of hydrogen-bond donors (Lipinski definition) is 0. The van der Waals surface area contributed by atoms with E-state index < -0.39 is 21.7 Å². The second kappa shape index (κ2) is 6.20. The number of halogens is 2. The lowest BCUT2D eigenvalue weighted by Gasteiger charge is -1.96. The molecule has 9 heteroatoms. The van der Waals surface area contributed by atoms with Crippen LogP contribution in [0.2, 0.25) is 0 Å². The summed E-state index contributed by atoms with van der Waals surface area (Å²) in [7, 11) is -2.44. The van der Waals surface area contributed by atoms with Crippen molar-refractivity contribution < 1.29 is 21.9 Å². The van der Waals surface area contributed by atoms with E-state index in [0.29, 0.717) is 21.4 Å². The van der Waals surface area contributed by atoms with Crippen LogP contribution in [0, 0.1) is 12.1 Å². The van der Waals surface area contributed by atoms with Crippen molar-refractivity contribution in [1.82, 2.24) is 4.98 Å². The van der Waals surface area contributed by atoms with Crippen molar-refractivity contribution >= 4 is 27.4 Å². The van der Waals surface area contributed by atoms with E-state index in [0.717, 1.165) is 11.3 Å². The highest BCUT2D eigenvalue weighted by atomic mass is 32.2. The molecule has 0 aliphatic heterocycles. The number of nitrogens with zero attached hydrogens (tertiary/aromatic N) is 2. The van der Waals surface area contributed by atoms with Crippen molar-refractivity contribution in [1.29, 1.82) is 0 Å². The Hall–Kier alpha value is -1.35. The van der Waals surface area contributed by atoms with Crippen LogP contribution in [0.5, 0.6) is 0 Å². The Kier molecular flexibility index (Phi) is 5.12.